The van der Waals surface area contributed by atoms with Crippen LogP contribution in [0.3, 0.4) is 0 Å². The quantitative estimate of drug-likeness (QED) is 0.807. The van der Waals surface area contributed by atoms with Crippen molar-refractivity contribution >= 4 is 21.6 Å². The van der Waals surface area contributed by atoms with Crippen LogP contribution in [0.2, 0.25) is 0 Å². The van der Waals surface area contributed by atoms with Crippen molar-refractivity contribution in [3.8, 4) is 5.75 Å². The summed E-state index contributed by atoms with van der Waals surface area (Å²) in [5, 5.41) is 9.28. The molecule has 0 atom stereocenters. The van der Waals surface area contributed by atoms with Crippen LogP contribution >= 0.6 is 11.6 Å². The van der Waals surface area contributed by atoms with E-state index in [9.17, 15) is 13.5 Å². The third-order valence-electron chi connectivity index (χ3n) is 2.33. The Bertz CT molecular complexity index is 462. The number of hydrogen-bond acceptors (Lipinski definition) is 3. The largest absolute Gasteiger partial charge is 0.508 e. The van der Waals surface area contributed by atoms with Crippen LogP contribution in [0, 0.1) is 0 Å². The molecule has 4 nitrogen and oxygen atoms in total. The first-order chi connectivity index (χ1) is 7.95. The normalized spacial score (nSPS) is 11.9. The van der Waals surface area contributed by atoms with E-state index in [0.717, 1.165) is 5.56 Å². The first-order valence-corrected chi connectivity index (χ1v) is 7.38. The van der Waals surface area contributed by atoms with Gasteiger partial charge in [-0.15, -0.1) is 11.6 Å². The smallest absolute Gasteiger partial charge is 0.214 e. The number of halogens is 1. The first kappa shape index (κ1) is 14.3. The Morgan fingerprint density at radius 1 is 1.41 bits per heavy atom. The summed E-state index contributed by atoms with van der Waals surface area (Å²) in [5.41, 5.74) is 0.752. The number of aromatic hydroxyl groups is 1. The van der Waals surface area contributed by atoms with E-state index in [2.05, 4.69) is 0 Å². The molecule has 0 radical (unpaired) electrons. The van der Waals surface area contributed by atoms with Crippen molar-refractivity contribution in [3.05, 3.63) is 29.8 Å². The number of hydrogen-bond donors (Lipinski definition) is 1. The van der Waals surface area contributed by atoms with Crippen LogP contribution < -0.4 is 0 Å². The van der Waals surface area contributed by atoms with Gasteiger partial charge < -0.3 is 5.11 Å². The molecule has 0 aliphatic heterocycles. The molecule has 0 aliphatic carbocycles. The summed E-state index contributed by atoms with van der Waals surface area (Å²) in [6, 6.07) is 6.55. The molecule has 1 aromatic carbocycles. The van der Waals surface area contributed by atoms with Crippen molar-refractivity contribution in [2.45, 2.75) is 13.0 Å². The lowest BCUT2D eigenvalue weighted by molar-refractivity contribution is 0.457. The van der Waals surface area contributed by atoms with Gasteiger partial charge in [0.15, 0.2) is 0 Å². The second-order valence-electron chi connectivity index (χ2n) is 3.78. The number of rotatable bonds is 6. The molecule has 0 unspecified atom stereocenters. The van der Waals surface area contributed by atoms with Gasteiger partial charge in [0.1, 0.15) is 5.75 Å². The summed E-state index contributed by atoms with van der Waals surface area (Å²) in [6.45, 7) is 0.249. The molecule has 96 valence electrons. The average Bonchev–Trinajstić information content (AvgIpc) is 2.26. The monoisotopic (exact) mass is 277 g/mol. The minimum atomic E-state index is -3.27. The van der Waals surface area contributed by atoms with Crippen LogP contribution in [0.15, 0.2) is 24.3 Å². The van der Waals surface area contributed by atoms with Crippen LogP contribution in [0.25, 0.3) is 0 Å². The molecule has 0 aromatic heterocycles. The van der Waals surface area contributed by atoms with Gasteiger partial charge in [-0.05, 0) is 24.1 Å². The highest BCUT2D eigenvalue weighted by Gasteiger charge is 2.17. The summed E-state index contributed by atoms with van der Waals surface area (Å²) < 4.78 is 24.8. The summed E-state index contributed by atoms with van der Waals surface area (Å²) in [6.07, 6.45) is 0.439. The van der Waals surface area contributed by atoms with Crippen LogP contribution in [0.1, 0.15) is 12.0 Å². The molecule has 0 bridgehead atoms. The molecule has 1 aromatic rings. The maximum absolute atomic E-state index is 11.8. The zero-order valence-electron chi connectivity index (χ0n) is 9.63. The number of phenolic OH excluding ortho intramolecular Hbond substituents is 1. The Morgan fingerprint density at radius 3 is 2.71 bits per heavy atom. The van der Waals surface area contributed by atoms with Gasteiger partial charge in [0, 0.05) is 19.5 Å². The fourth-order valence-electron chi connectivity index (χ4n) is 1.40. The van der Waals surface area contributed by atoms with E-state index in [-0.39, 0.29) is 18.0 Å². The van der Waals surface area contributed by atoms with E-state index >= 15 is 0 Å². The SMILES string of the molecule is CN(Cc1cccc(O)c1)S(=O)(=O)CCCCl. The maximum Gasteiger partial charge on any atom is 0.214 e. The first-order valence-electron chi connectivity index (χ1n) is 5.23. The minimum Gasteiger partial charge on any atom is -0.508 e. The van der Waals surface area contributed by atoms with Gasteiger partial charge in [0.25, 0.3) is 0 Å². The van der Waals surface area contributed by atoms with Crippen molar-refractivity contribution in [1.82, 2.24) is 4.31 Å². The predicted molar refractivity (Wildman–Crippen MR) is 68.7 cm³/mol. The molecule has 17 heavy (non-hydrogen) atoms. The highest BCUT2D eigenvalue weighted by molar-refractivity contribution is 7.89. The maximum atomic E-state index is 11.8. The lowest BCUT2D eigenvalue weighted by atomic mass is 10.2. The lowest BCUT2D eigenvalue weighted by Gasteiger charge is -2.16. The summed E-state index contributed by atoms with van der Waals surface area (Å²) in [7, 11) is -1.74. The molecule has 1 rings (SSSR count). The number of benzene rings is 1. The van der Waals surface area contributed by atoms with Gasteiger partial charge in [0.2, 0.25) is 10.0 Å². The molecule has 0 saturated heterocycles. The second kappa shape index (κ2) is 6.23. The summed E-state index contributed by atoms with van der Waals surface area (Å²) >= 11 is 5.48. The third kappa shape index (κ3) is 4.53. The van der Waals surface area contributed by atoms with E-state index in [1.54, 1.807) is 24.3 Å². The molecule has 0 aliphatic rings. The fourth-order valence-corrected chi connectivity index (χ4v) is 2.86. The average molecular weight is 278 g/mol. The highest BCUT2D eigenvalue weighted by atomic mass is 35.5. The van der Waals surface area contributed by atoms with Crippen LogP contribution in [0.4, 0.5) is 0 Å². The number of alkyl halides is 1. The Balaban J connectivity index is 2.68. The Hall–Kier alpha value is -0.780. The molecular weight excluding hydrogens is 262 g/mol. The molecule has 6 heteroatoms. The van der Waals surface area contributed by atoms with Gasteiger partial charge in [-0.3, -0.25) is 0 Å². The van der Waals surface area contributed by atoms with E-state index in [1.807, 2.05) is 0 Å². The molecule has 1 N–H and O–H groups in total. The lowest BCUT2D eigenvalue weighted by Crippen LogP contribution is -2.28. The van der Waals surface area contributed by atoms with Crippen LogP contribution in [0.5, 0.6) is 5.75 Å². The van der Waals surface area contributed by atoms with E-state index in [4.69, 9.17) is 11.6 Å². The van der Waals surface area contributed by atoms with Gasteiger partial charge in [-0.25, -0.2) is 12.7 Å². The molecule has 0 heterocycles. The van der Waals surface area contributed by atoms with Crippen molar-refractivity contribution in [2.24, 2.45) is 0 Å². The Morgan fingerprint density at radius 2 is 2.12 bits per heavy atom. The standard InChI is InChI=1S/C11H16ClNO3S/c1-13(17(15,16)7-3-6-12)9-10-4-2-5-11(14)8-10/h2,4-5,8,14H,3,6-7,9H2,1H3. The summed E-state index contributed by atoms with van der Waals surface area (Å²) in [4.78, 5) is 0. The summed E-state index contributed by atoms with van der Waals surface area (Å²) in [5.74, 6) is 0.513. The van der Waals surface area contributed by atoms with Crippen molar-refractivity contribution in [3.63, 3.8) is 0 Å². The Labute approximate surface area is 107 Å². The predicted octanol–water partition coefficient (Wildman–Crippen LogP) is 1.78. The number of phenols is 1. The number of nitrogens with zero attached hydrogens (tertiary/aromatic N) is 1. The molecular formula is C11H16ClNO3S. The van der Waals surface area contributed by atoms with E-state index < -0.39 is 10.0 Å². The molecule has 0 amide bonds. The third-order valence-corrected chi connectivity index (χ3v) is 4.48. The van der Waals surface area contributed by atoms with Gasteiger partial charge >= 0.3 is 0 Å². The van der Waals surface area contributed by atoms with Gasteiger partial charge in [0.05, 0.1) is 5.75 Å². The minimum absolute atomic E-state index is 0.0474. The van der Waals surface area contributed by atoms with Crippen LogP contribution in [-0.4, -0.2) is 36.5 Å². The fraction of sp³-hybridized carbons (Fsp3) is 0.455. The number of sulfonamides is 1. The highest BCUT2D eigenvalue weighted by Crippen LogP contribution is 2.14. The van der Waals surface area contributed by atoms with E-state index in [0.29, 0.717) is 12.3 Å². The molecule has 0 spiro atoms. The molecule has 0 saturated carbocycles. The molecule has 0 fully saturated rings. The Kier molecular flexibility index (Phi) is 5.24. The van der Waals surface area contributed by atoms with Crippen molar-refractivity contribution in [1.29, 1.82) is 0 Å². The van der Waals surface area contributed by atoms with Gasteiger partial charge in [-0.1, -0.05) is 12.1 Å². The topological polar surface area (TPSA) is 57.6 Å². The van der Waals surface area contributed by atoms with Crippen LogP contribution in [-0.2, 0) is 16.6 Å². The van der Waals surface area contributed by atoms with Crippen molar-refractivity contribution < 1.29 is 13.5 Å². The second-order valence-corrected chi connectivity index (χ2v) is 6.36. The van der Waals surface area contributed by atoms with Gasteiger partial charge in [-0.2, -0.15) is 0 Å². The van der Waals surface area contributed by atoms with E-state index in [1.165, 1.54) is 11.4 Å². The zero-order chi connectivity index (χ0) is 12.9. The zero-order valence-corrected chi connectivity index (χ0v) is 11.2. The van der Waals surface area contributed by atoms with Crippen molar-refractivity contribution in [2.75, 3.05) is 18.7 Å².